The number of benzene rings is 3. The standard InChI is InChI=1S/C34H31Cl3N2O3/c1-4-6-16-38-20-26(25-18-23(41-3)14-15-28(25)38)34(32(37)31(36)33(40)42-34)30-24-12-7-8-13-29(24)39(27(30)5-2)19-21-10-9-11-22(35)17-21/h7-15,17-18,20H,4-6,16,19H2,1-3H3. The first-order chi connectivity index (χ1) is 20.3. The number of carbonyl (C=O) groups is 1. The molecule has 1 atom stereocenters. The fourth-order valence-electron chi connectivity index (χ4n) is 6.25. The Morgan fingerprint density at radius 3 is 2.43 bits per heavy atom. The van der Waals surface area contributed by atoms with E-state index in [0.29, 0.717) is 23.7 Å². The van der Waals surface area contributed by atoms with Crippen molar-refractivity contribution in [3.8, 4) is 5.75 Å². The van der Waals surface area contributed by atoms with Crippen LogP contribution in [0.3, 0.4) is 0 Å². The van der Waals surface area contributed by atoms with E-state index in [0.717, 1.165) is 63.6 Å². The largest absolute Gasteiger partial charge is 0.497 e. The molecule has 0 saturated heterocycles. The van der Waals surface area contributed by atoms with Crippen LogP contribution in [0.1, 0.15) is 49.1 Å². The maximum atomic E-state index is 13.3. The van der Waals surface area contributed by atoms with Crippen molar-refractivity contribution in [2.24, 2.45) is 0 Å². The molecule has 8 heteroatoms. The first-order valence-electron chi connectivity index (χ1n) is 14.1. The first kappa shape index (κ1) is 28.7. The lowest BCUT2D eigenvalue weighted by atomic mass is 9.83. The number of aryl methyl sites for hydroxylation is 1. The highest BCUT2D eigenvalue weighted by atomic mass is 35.5. The van der Waals surface area contributed by atoms with Gasteiger partial charge in [-0.05, 0) is 54.8 Å². The smallest absolute Gasteiger partial charge is 0.352 e. The van der Waals surface area contributed by atoms with Crippen molar-refractivity contribution < 1.29 is 14.3 Å². The zero-order chi connectivity index (χ0) is 29.6. The van der Waals surface area contributed by atoms with Crippen LogP contribution in [0.25, 0.3) is 21.8 Å². The van der Waals surface area contributed by atoms with Gasteiger partial charge >= 0.3 is 5.97 Å². The summed E-state index contributed by atoms with van der Waals surface area (Å²) >= 11 is 20.2. The number of hydrogen-bond donors (Lipinski definition) is 0. The van der Waals surface area contributed by atoms with Gasteiger partial charge in [0.05, 0.1) is 12.1 Å². The minimum Gasteiger partial charge on any atom is -0.497 e. The average molecular weight is 622 g/mol. The number of halogens is 3. The second-order valence-electron chi connectivity index (χ2n) is 10.6. The van der Waals surface area contributed by atoms with E-state index >= 15 is 0 Å². The van der Waals surface area contributed by atoms with E-state index in [-0.39, 0.29) is 10.1 Å². The number of aromatic nitrogens is 2. The summed E-state index contributed by atoms with van der Waals surface area (Å²) in [6, 6.07) is 22.0. The summed E-state index contributed by atoms with van der Waals surface area (Å²) in [5.41, 5.74) is 4.16. The number of unbranched alkanes of at least 4 members (excludes halogenated alkanes) is 1. The van der Waals surface area contributed by atoms with Crippen LogP contribution in [0.4, 0.5) is 0 Å². The lowest BCUT2D eigenvalue weighted by Crippen LogP contribution is -2.31. The number of nitrogens with zero attached hydrogens (tertiary/aromatic N) is 2. The Kier molecular flexibility index (Phi) is 7.77. The highest BCUT2D eigenvalue weighted by Crippen LogP contribution is 2.55. The van der Waals surface area contributed by atoms with Gasteiger partial charge in [0.2, 0.25) is 5.60 Å². The van der Waals surface area contributed by atoms with Crippen molar-refractivity contribution in [3.05, 3.63) is 110 Å². The van der Waals surface area contributed by atoms with Crippen LogP contribution in [0.2, 0.25) is 5.02 Å². The summed E-state index contributed by atoms with van der Waals surface area (Å²) in [7, 11) is 1.64. The summed E-state index contributed by atoms with van der Waals surface area (Å²) in [6.07, 6.45) is 4.75. The Labute approximate surface area is 260 Å². The van der Waals surface area contributed by atoms with Gasteiger partial charge in [0.15, 0.2) is 0 Å². The number of ether oxygens (including phenoxy) is 2. The van der Waals surface area contributed by atoms with Crippen LogP contribution >= 0.6 is 34.8 Å². The van der Waals surface area contributed by atoms with Crippen molar-refractivity contribution in [2.75, 3.05) is 7.11 Å². The average Bonchev–Trinajstić information content (AvgIpc) is 3.60. The van der Waals surface area contributed by atoms with Crippen LogP contribution in [-0.2, 0) is 34.6 Å². The van der Waals surface area contributed by atoms with E-state index in [1.165, 1.54) is 0 Å². The predicted molar refractivity (Wildman–Crippen MR) is 171 cm³/mol. The van der Waals surface area contributed by atoms with E-state index in [1.54, 1.807) is 7.11 Å². The third kappa shape index (κ3) is 4.50. The molecule has 0 amide bonds. The number of cyclic esters (lactones) is 1. The van der Waals surface area contributed by atoms with E-state index in [1.807, 2.05) is 48.5 Å². The number of esters is 1. The highest BCUT2D eigenvalue weighted by Gasteiger charge is 2.54. The van der Waals surface area contributed by atoms with E-state index in [9.17, 15) is 4.79 Å². The monoisotopic (exact) mass is 620 g/mol. The molecule has 0 fully saturated rings. The molecule has 1 aliphatic rings. The van der Waals surface area contributed by atoms with Gasteiger partial charge in [0.1, 0.15) is 10.8 Å². The molecule has 5 aromatic rings. The Morgan fingerprint density at radius 1 is 0.929 bits per heavy atom. The van der Waals surface area contributed by atoms with Crippen LogP contribution in [0.5, 0.6) is 5.75 Å². The van der Waals surface area contributed by atoms with Crippen LogP contribution in [0.15, 0.2) is 83.0 Å². The van der Waals surface area contributed by atoms with Gasteiger partial charge in [-0.1, -0.05) is 85.4 Å². The quantitative estimate of drug-likeness (QED) is 0.154. The SMILES string of the molecule is CCCCn1cc(C2(c3c(CC)n(Cc4cccc(Cl)c4)c4ccccc34)OC(=O)C(Cl)=C2Cl)c2cc(OC)ccc21. The molecule has 216 valence electrons. The van der Waals surface area contributed by atoms with E-state index < -0.39 is 11.6 Å². The number of carbonyl (C=O) groups excluding carboxylic acids is 1. The number of hydrogen-bond acceptors (Lipinski definition) is 3. The molecule has 6 rings (SSSR count). The van der Waals surface area contributed by atoms with Gasteiger partial charge < -0.3 is 18.6 Å². The van der Waals surface area contributed by atoms with Crippen LogP contribution < -0.4 is 4.74 Å². The zero-order valence-electron chi connectivity index (χ0n) is 23.7. The Balaban J connectivity index is 1.71. The molecule has 1 aliphatic heterocycles. The van der Waals surface area contributed by atoms with Gasteiger partial charge in [-0.25, -0.2) is 4.79 Å². The first-order valence-corrected chi connectivity index (χ1v) is 15.3. The van der Waals surface area contributed by atoms with Crippen molar-refractivity contribution in [3.63, 3.8) is 0 Å². The Bertz CT molecular complexity index is 1870. The molecular formula is C34H31Cl3N2O3. The molecule has 0 N–H and O–H groups in total. The molecule has 2 aromatic heterocycles. The summed E-state index contributed by atoms with van der Waals surface area (Å²) in [5, 5.41) is 2.55. The van der Waals surface area contributed by atoms with Gasteiger partial charge in [-0.15, -0.1) is 0 Å². The molecule has 0 aliphatic carbocycles. The molecule has 0 bridgehead atoms. The molecule has 0 spiro atoms. The van der Waals surface area contributed by atoms with Gasteiger partial charge in [-0.3, -0.25) is 0 Å². The normalized spacial score (nSPS) is 17.0. The summed E-state index contributed by atoms with van der Waals surface area (Å²) in [6.45, 7) is 5.64. The number of rotatable bonds is 9. The molecule has 3 heterocycles. The minimum absolute atomic E-state index is 0.109. The summed E-state index contributed by atoms with van der Waals surface area (Å²) < 4.78 is 16.5. The Morgan fingerprint density at radius 2 is 1.74 bits per heavy atom. The zero-order valence-corrected chi connectivity index (χ0v) is 26.0. The van der Waals surface area contributed by atoms with Crippen molar-refractivity contribution in [1.29, 1.82) is 0 Å². The second kappa shape index (κ2) is 11.4. The summed E-state index contributed by atoms with van der Waals surface area (Å²) in [4.78, 5) is 13.3. The van der Waals surface area contributed by atoms with Gasteiger partial charge in [0.25, 0.3) is 0 Å². The van der Waals surface area contributed by atoms with Gasteiger partial charge in [-0.2, -0.15) is 0 Å². The minimum atomic E-state index is -1.46. The lowest BCUT2D eigenvalue weighted by molar-refractivity contribution is -0.144. The van der Waals surface area contributed by atoms with Crippen LogP contribution in [-0.4, -0.2) is 22.2 Å². The van der Waals surface area contributed by atoms with E-state index in [4.69, 9.17) is 44.3 Å². The molecular weight excluding hydrogens is 591 g/mol. The third-order valence-corrected chi connectivity index (χ3v) is 9.27. The van der Waals surface area contributed by atoms with Crippen molar-refractivity contribution in [2.45, 2.75) is 51.8 Å². The fourth-order valence-corrected chi connectivity index (χ4v) is 6.95. The number of para-hydroxylation sites is 1. The van der Waals surface area contributed by atoms with Gasteiger partial charge in [0, 0.05) is 62.9 Å². The molecule has 0 saturated carbocycles. The summed E-state index contributed by atoms with van der Waals surface area (Å²) in [5.74, 6) is 0.0505. The third-order valence-electron chi connectivity index (χ3n) is 8.14. The molecule has 42 heavy (non-hydrogen) atoms. The van der Waals surface area contributed by atoms with Crippen LogP contribution in [0, 0.1) is 0 Å². The number of methoxy groups -OCH3 is 1. The molecule has 0 radical (unpaired) electrons. The second-order valence-corrected chi connectivity index (χ2v) is 11.8. The maximum Gasteiger partial charge on any atom is 0.352 e. The topological polar surface area (TPSA) is 45.4 Å². The van der Waals surface area contributed by atoms with Crippen molar-refractivity contribution in [1.82, 2.24) is 9.13 Å². The molecule has 3 aromatic carbocycles. The van der Waals surface area contributed by atoms with Crippen molar-refractivity contribution >= 4 is 62.6 Å². The maximum absolute atomic E-state index is 13.3. The lowest BCUT2D eigenvalue weighted by Gasteiger charge is -2.30. The fraction of sp³-hybridized carbons (Fsp3) is 0.265. The molecule has 5 nitrogen and oxygen atoms in total. The number of fused-ring (bicyclic) bond motifs is 2. The Hall–Kier alpha value is -3.38. The molecule has 1 unspecified atom stereocenters. The highest BCUT2D eigenvalue weighted by molar-refractivity contribution is 6.49. The van der Waals surface area contributed by atoms with E-state index in [2.05, 4.69) is 47.4 Å². The predicted octanol–water partition coefficient (Wildman–Crippen LogP) is 9.16.